The van der Waals surface area contributed by atoms with E-state index in [-0.39, 0.29) is 23.2 Å². The second-order valence-corrected chi connectivity index (χ2v) is 9.15. The van der Waals surface area contributed by atoms with Gasteiger partial charge in [0.15, 0.2) is 9.84 Å². The van der Waals surface area contributed by atoms with Crippen LogP contribution in [0.4, 0.5) is 4.39 Å². The summed E-state index contributed by atoms with van der Waals surface area (Å²) in [4.78, 5) is 24.2. The SMILES string of the molecule is O=C(NC[C@H](c1ccco1)S(=O)(=O)c1ccc(F)cc1)C(=O)NC1CCCCC1. The topological polar surface area (TPSA) is 105 Å². The summed E-state index contributed by atoms with van der Waals surface area (Å²) in [5.41, 5.74) is 0. The van der Waals surface area contributed by atoms with Crippen molar-refractivity contribution in [2.75, 3.05) is 6.54 Å². The monoisotopic (exact) mass is 422 g/mol. The van der Waals surface area contributed by atoms with E-state index in [1.54, 1.807) is 0 Å². The van der Waals surface area contributed by atoms with Gasteiger partial charge in [-0.1, -0.05) is 19.3 Å². The smallest absolute Gasteiger partial charge is 0.309 e. The van der Waals surface area contributed by atoms with Crippen LogP contribution in [0.3, 0.4) is 0 Å². The number of sulfone groups is 1. The highest BCUT2D eigenvalue weighted by atomic mass is 32.2. The Morgan fingerprint density at radius 2 is 1.76 bits per heavy atom. The first-order valence-electron chi connectivity index (χ1n) is 9.49. The first-order chi connectivity index (χ1) is 13.9. The highest BCUT2D eigenvalue weighted by molar-refractivity contribution is 7.91. The van der Waals surface area contributed by atoms with E-state index in [4.69, 9.17) is 4.42 Å². The maximum absolute atomic E-state index is 13.2. The lowest BCUT2D eigenvalue weighted by Gasteiger charge is -2.22. The molecule has 2 aromatic rings. The van der Waals surface area contributed by atoms with Crippen molar-refractivity contribution in [1.29, 1.82) is 0 Å². The van der Waals surface area contributed by atoms with Crippen LogP contribution >= 0.6 is 0 Å². The van der Waals surface area contributed by atoms with Crippen molar-refractivity contribution in [3.8, 4) is 0 Å². The number of amides is 2. The first-order valence-corrected chi connectivity index (χ1v) is 11.0. The van der Waals surface area contributed by atoms with Gasteiger partial charge >= 0.3 is 11.8 Å². The summed E-state index contributed by atoms with van der Waals surface area (Å²) >= 11 is 0. The quantitative estimate of drug-likeness (QED) is 0.550. The Labute approximate surface area is 168 Å². The Balaban J connectivity index is 1.70. The van der Waals surface area contributed by atoms with Crippen LogP contribution in [0.5, 0.6) is 0 Å². The number of nitrogens with one attached hydrogen (secondary N) is 2. The number of benzene rings is 1. The number of carbonyl (C=O) groups excluding carboxylic acids is 2. The first kappa shape index (κ1) is 21.0. The maximum Gasteiger partial charge on any atom is 0.309 e. The average Bonchev–Trinajstić information content (AvgIpc) is 3.23. The molecule has 29 heavy (non-hydrogen) atoms. The summed E-state index contributed by atoms with van der Waals surface area (Å²) in [6, 6.07) is 7.35. The minimum Gasteiger partial charge on any atom is -0.468 e. The van der Waals surface area contributed by atoms with Crippen LogP contribution in [-0.4, -0.2) is 32.8 Å². The Bertz CT molecular complexity index is 936. The van der Waals surface area contributed by atoms with Gasteiger partial charge in [0.05, 0.1) is 11.2 Å². The van der Waals surface area contributed by atoms with Gasteiger partial charge < -0.3 is 15.1 Å². The number of hydrogen-bond acceptors (Lipinski definition) is 5. The van der Waals surface area contributed by atoms with Gasteiger partial charge in [-0.15, -0.1) is 0 Å². The predicted octanol–water partition coefficient (Wildman–Crippen LogP) is 2.50. The van der Waals surface area contributed by atoms with Crippen molar-refractivity contribution in [2.24, 2.45) is 0 Å². The molecule has 0 bridgehead atoms. The Hall–Kier alpha value is -2.68. The summed E-state index contributed by atoms with van der Waals surface area (Å²) in [6.45, 7) is -0.357. The molecule has 1 atom stereocenters. The minimum atomic E-state index is -4.00. The molecule has 9 heteroatoms. The lowest BCUT2D eigenvalue weighted by Crippen LogP contribution is -2.46. The summed E-state index contributed by atoms with van der Waals surface area (Å²) in [6.07, 6.45) is 6.09. The van der Waals surface area contributed by atoms with E-state index in [1.165, 1.54) is 18.4 Å². The van der Waals surface area contributed by atoms with Crippen LogP contribution in [0.1, 0.15) is 43.1 Å². The fourth-order valence-corrected chi connectivity index (χ4v) is 4.98. The maximum atomic E-state index is 13.2. The van der Waals surface area contributed by atoms with Crippen LogP contribution in [0.15, 0.2) is 52.0 Å². The van der Waals surface area contributed by atoms with E-state index >= 15 is 0 Å². The summed E-state index contributed by atoms with van der Waals surface area (Å²) in [7, 11) is -4.00. The molecule has 0 aliphatic heterocycles. The lowest BCUT2D eigenvalue weighted by molar-refractivity contribution is -0.139. The molecule has 1 aliphatic rings. The summed E-state index contributed by atoms with van der Waals surface area (Å²) < 4.78 is 44.4. The molecule has 1 heterocycles. The molecule has 2 N–H and O–H groups in total. The molecule has 2 amide bonds. The molecule has 0 unspecified atom stereocenters. The van der Waals surface area contributed by atoms with Crippen LogP contribution < -0.4 is 10.6 Å². The largest absolute Gasteiger partial charge is 0.468 e. The normalized spacial score (nSPS) is 16.2. The molecule has 1 aromatic carbocycles. The van der Waals surface area contributed by atoms with E-state index in [9.17, 15) is 22.4 Å². The summed E-state index contributed by atoms with van der Waals surface area (Å²) in [5.74, 6) is -2.13. The highest BCUT2D eigenvalue weighted by Crippen LogP contribution is 2.29. The third kappa shape index (κ3) is 5.23. The van der Waals surface area contributed by atoms with Gasteiger partial charge in [0.25, 0.3) is 0 Å². The van der Waals surface area contributed by atoms with E-state index in [0.717, 1.165) is 56.4 Å². The second kappa shape index (κ2) is 9.21. The Morgan fingerprint density at radius 3 is 2.38 bits per heavy atom. The molecule has 1 aromatic heterocycles. The predicted molar refractivity (Wildman–Crippen MR) is 103 cm³/mol. The molecule has 1 aliphatic carbocycles. The number of rotatable bonds is 6. The minimum absolute atomic E-state index is 0.0363. The molecule has 7 nitrogen and oxygen atoms in total. The van der Waals surface area contributed by atoms with Crippen molar-refractivity contribution in [3.05, 3.63) is 54.2 Å². The number of furan rings is 1. The van der Waals surface area contributed by atoms with Crippen LogP contribution in [0.2, 0.25) is 0 Å². The van der Waals surface area contributed by atoms with Gasteiger partial charge in [-0.05, 0) is 49.2 Å². The van der Waals surface area contributed by atoms with Gasteiger partial charge in [0.2, 0.25) is 0 Å². The Kier molecular flexibility index (Phi) is 6.68. The standard InChI is InChI=1S/C20H23FN2O5S/c21-14-8-10-16(11-9-14)29(26,27)18(17-7-4-12-28-17)13-22-19(24)20(25)23-15-5-2-1-3-6-15/h4,7-12,15,18H,1-3,5-6,13H2,(H,22,24)(H,23,25)/t18-/m1/s1. The molecule has 0 radical (unpaired) electrons. The van der Waals surface area contributed by atoms with Crippen molar-refractivity contribution < 1.29 is 26.8 Å². The molecule has 3 rings (SSSR count). The van der Waals surface area contributed by atoms with Crippen molar-refractivity contribution in [2.45, 2.75) is 48.3 Å². The van der Waals surface area contributed by atoms with Crippen LogP contribution in [0, 0.1) is 5.82 Å². The average molecular weight is 422 g/mol. The zero-order chi connectivity index (χ0) is 20.9. The second-order valence-electron chi connectivity index (χ2n) is 7.02. The van der Waals surface area contributed by atoms with Crippen LogP contribution in [0.25, 0.3) is 0 Å². The molecule has 1 fully saturated rings. The molecule has 1 saturated carbocycles. The van der Waals surface area contributed by atoms with Gasteiger partial charge in [-0.25, -0.2) is 12.8 Å². The van der Waals surface area contributed by atoms with E-state index in [0.29, 0.717) is 0 Å². The van der Waals surface area contributed by atoms with Gasteiger partial charge in [-0.2, -0.15) is 0 Å². The molecular formula is C20H23FN2O5S. The lowest BCUT2D eigenvalue weighted by atomic mass is 9.95. The number of halogens is 1. The number of carbonyl (C=O) groups is 2. The van der Waals surface area contributed by atoms with E-state index in [1.807, 2.05) is 0 Å². The van der Waals surface area contributed by atoms with E-state index in [2.05, 4.69) is 10.6 Å². The van der Waals surface area contributed by atoms with Crippen molar-refractivity contribution >= 4 is 21.7 Å². The van der Waals surface area contributed by atoms with E-state index < -0.39 is 32.7 Å². The zero-order valence-corrected chi connectivity index (χ0v) is 16.6. The third-order valence-electron chi connectivity index (χ3n) is 4.97. The van der Waals surface area contributed by atoms with Crippen LogP contribution in [-0.2, 0) is 19.4 Å². The van der Waals surface area contributed by atoms with Crippen molar-refractivity contribution in [1.82, 2.24) is 10.6 Å². The molecule has 0 spiro atoms. The van der Waals surface area contributed by atoms with Crippen molar-refractivity contribution in [3.63, 3.8) is 0 Å². The zero-order valence-electron chi connectivity index (χ0n) is 15.8. The van der Waals surface area contributed by atoms with Gasteiger partial charge in [0.1, 0.15) is 16.8 Å². The van der Waals surface area contributed by atoms with Gasteiger partial charge in [-0.3, -0.25) is 9.59 Å². The van der Waals surface area contributed by atoms with Gasteiger partial charge in [0, 0.05) is 12.6 Å². The Morgan fingerprint density at radius 1 is 1.07 bits per heavy atom. The molecule has 156 valence electrons. The highest BCUT2D eigenvalue weighted by Gasteiger charge is 2.32. The third-order valence-corrected chi connectivity index (χ3v) is 7.05. The number of hydrogen-bond donors (Lipinski definition) is 2. The molecule has 0 saturated heterocycles. The summed E-state index contributed by atoms with van der Waals surface area (Å²) in [5, 5.41) is 3.82. The molecular weight excluding hydrogens is 399 g/mol. The fraction of sp³-hybridized carbons (Fsp3) is 0.400. The fourth-order valence-electron chi connectivity index (χ4n) is 3.39.